The molecule has 0 aromatic carbocycles. The van der Waals surface area contributed by atoms with Crippen LogP contribution in [0.3, 0.4) is 0 Å². The molecule has 0 aliphatic carbocycles. The number of carbonyl (C=O) groups excluding carboxylic acids is 1. The highest BCUT2D eigenvalue weighted by Gasteiger charge is 2.11. The predicted octanol–water partition coefficient (Wildman–Crippen LogP) is 2.86. The Morgan fingerprint density at radius 3 is 2.89 bits per heavy atom. The van der Waals surface area contributed by atoms with E-state index in [2.05, 4.69) is 26.2 Å². The summed E-state index contributed by atoms with van der Waals surface area (Å²) in [6.07, 6.45) is 0. The summed E-state index contributed by atoms with van der Waals surface area (Å²) in [7, 11) is 1.67. The van der Waals surface area contributed by atoms with Crippen LogP contribution in [-0.2, 0) is 6.54 Å². The zero-order chi connectivity index (χ0) is 13.8. The molecule has 5 nitrogen and oxygen atoms in total. The Morgan fingerprint density at radius 1 is 1.47 bits per heavy atom. The van der Waals surface area contributed by atoms with Gasteiger partial charge in [0.1, 0.15) is 0 Å². The molecule has 100 valence electrons. The molecule has 7 heteroatoms. The number of urea groups is 1. The van der Waals surface area contributed by atoms with Gasteiger partial charge in [-0.3, -0.25) is 4.79 Å². The Hall–Kier alpha value is -1.60. The molecule has 0 unspecified atom stereocenters. The summed E-state index contributed by atoms with van der Waals surface area (Å²) in [5.41, 5.74) is 1.25. The van der Waals surface area contributed by atoms with Gasteiger partial charge in [0, 0.05) is 29.6 Å². The minimum absolute atomic E-state index is 0.174. The number of hydrogen-bond acceptors (Lipinski definition) is 3. The van der Waals surface area contributed by atoms with Crippen LogP contribution >= 0.6 is 27.3 Å². The van der Waals surface area contributed by atoms with E-state index in [0.717, 1.165) is 10.2 Å². The van der Waals surface area contributed by atoms with E-state index >= 15 is 0 Å². The number of thiophene rings is 1. The Kier molecular flexibility index (Phi) is 4.39. The molecule has 0 bridgehead atoms. The third-order valence-corrected chi connectivity index (χ3v) is 4.14. The van der Waals surface area contributed by atoms with Crippen LogP contribution < -0.4 is 10.9 Å². The van der Waals surface area contributed by atoms with Gasteiger partial charge in [0.25, 0.3) is 0 Å². The topological polar surface area (TPSA) is 65.2 Å². The minimum Gasteiger partial charge on any atom is -0.324 e. The third kappa shape index (κ3) is 3.68. The number of carbonyl (C=O) groups is 1. The van der Waals surface area contributed by atoms with Gasteiger partial charge in [-0.05, 0) is 22.0 Å². The second kappa shape index (κ2) is 6.03. The Labute approximate surface area is 122 Å². The van der Waals surface area contributed by atoms with Crippen LogP contribution in [0.25, 0.3) is 0 Å². The van der Waals surface area contributed by atoms with Gasteiger partial charge in [-0.15, -0.1) is 11.3 Å². The van der Waals surface area contributed by atoms with Gasteiger partial charge in [-0.2, -0.15) is 0 Å². The maximum atomic E-state index is 12.0. The van der Waals surface area contributed by atoms with E-state index in [1.807, 2.05) is 10.8 Å². The van der Waals surface area contributed by atoms with Crippen LogP contribution in [0.2, 0.25) is 0 Å². The summed E-state index contributed by atoms with van der Waals surface area (Å²) >= 11 is 4.85. The number of nitrogens with one attached hydrogen (secondary N) is 2. The van der Waals surface area contributed by atoms with Crippen molar-refractivity contribution in [2.75, 3.05) is 12.4 Å². The number of nitrogens with zero attached hydrogens (tertiary/aromatic N) is 1. The molecule has 0 radical (unpaired) electrons. The van der Waals surface area contributed by atoms with Crippen LogP contribution in [0.4, 0.5) is 10.5 Å². The smallest absolute Gasteiger partial charge is 0.321 e. The monoisotopic (exact) mass is 341 g/mol. The number of halogens is 1. The molecule has 0 fully saturated rings. The van der Waals surface area contributed by atoms with Crippen LogP contribution in [0.1, 0.15) is 5.69 Å². The van der Waals surface area contributed by atoms with Crippen LogP contribution in [-0.4, -0.2) is 23.0 Å². The minimum atomic E-state index is -0.233. The summed E-state index contributed by atoms with van der Waals surface area (Å²) in [6.45, 7) is 0.337. The molecule has 0 atom stereocenters. The molecule has 2 heterocycles. The molecule has 0 spiro atoms. The average molecular weight is 342 g/mol. The van der Waals surface area contributed by atoms with Crippen molar-refractivity contribution in [2.24, 2.45) is 0 Å². The van der Waals surface area contributed by atoms with Gasteiger partial charge in [0.2, 0.25) is 5.56 Å². The van der Waals surface area contributed by atoms with Gasteiger partial charge >= 0.3 is 6.03 Å². The highest BCUT2D eigenvalue weighted by Crippen LogP contribution is 2.26. The predicted molar refractivity (Wildman–Crippen MR) is 79.6 cm³/mol. The van der Waals surface area contributed by atoms with Gasteiger partial charge in [-0.25, -0.2) is 4.79 Å². The molecule has 0 aliphatic rings. The standard InChI is InChI=1S/C12H12BrN3O2S/c1-16(5-8-3-2-4-11(17)14-8)12(18)15-10-7-19-6-9(10)13/h2-4,6-7H,5H2,1H3,(H,14,17)(H,15,18). The first-order chi connectivity index (χ1) is 9.06. The van der Waals surface area contributed by atoms with Crippen molar-refractivity contribution < 1.29 is 4.79 Å². The summed E-state index contributed by atoms with van der Waals surface area (Å²) in [6, 6.07) is 4.64. The lowest BCUT2D eigenvalue weighted by atomic mass is 10.3. The summed E-state index contributed by atoms with van der Waals surface area (Å²) in [5, 5.41) is 6.52. The summed E-state index contributed by atoms with van der Waals surface area (Å²) in [5.74, 6) is 0. The number of H-pyrrole nitrogens is 1. The lowest BCUT2D eigenvalue weighted by molar-refractivity contribution is 0.220. The second-order valence-corrected chi connectivity index (χ2v) is 5.56. The van der Waals surface area contributed by atoms with Crippen molar-refractivity contribution in [1.82, 2.24) is 9.88 Å². The van der Waals surface area contributed by atoms with Gasteiger partial charge in [0.15, 0.2) is 0 Å². The number of amides is 2. The zero-order valence-corrected chi connectivity index (χ0v) is 12.5. The number of pyridine rings is 1. The maximum absolute atomic E-state index is 12.0. The fourth-order valence-corrected chi connectivity index (χ4v) is 2.82. The molecule has 0 aliphatic heterocycles. The molecule has 2 rings (SSSR count). The molecule has 0 saturated carbocycles. The Balaban J connectivity index is 2.00. The van der Waals surface area contributed by atoms with Crippen LogP contribution in [0.5, 0.6) is 0 Å². The van der Waals surface area contributed by atoms with Gasteiger partial charge in [-0.1, -0.05) is 6.07 Å². The number of aromatic nitrogens is 1. The lowest BCUT2D eigenvalue weighted by Crippen LogP contribution is -2.31. The van der Waals surface area contributed by atoms with Crippen molar-refractivity contribution in [3.63, 3.8) is 0 Å². The first-order valence-electron chi connectivity index (χ1n) is 5.48. The van der Waals surface area contributed by atoms with E-state index in [1.165, 1.54) is 22.3 Å². The first-order valence-corrected chi connectivity index (χ1v) is 7.22. The van der Waals surface area contributed by atoms with Crippen molar-refractivity contribution in [3.8, 4) is 0 Å². The van der Waals surface area contributed by atoms with Crippen molar-refractivity contribution in [1.29, 1.82) is 0 Å². The van der Waals surface area contributed by atoms with Crippen LogP contribution in [0, 0.1) is 0 Å². The molecule has 2 amide bonds. The zero-order valence-electron chi connectivity index (χ0n) is 10.1. The fraction of sp³-hybridized carbons (Fsp3) is 0.167. The number of aromatic amines is 1. The molecule has 0 saturated heterocycles. The average Bonchev–Trinajstić information content (AvgIpc) is 2.75. The fourth-order valence-electron chi connectivity index (χ4n) is 1.49. The molecule has 19 heavy (non-hydrogen) atoms. The number of hydrogen-bond donors (Lipinski definition) is 2. The Morgan fingerprint density at radius 2 is 2.26 bits per heavy atom. The Bertz CT molecular complexity index is 638. The number of anilines is 1. The molecular formula is C12H12BrN3O2S. The highest BCUT2D eigenvalue weighted by atomic mass is 79.9. The largest absolute Gasteiger partial charge is 0.324 e. The summed E-state index contributed by atoms with van der Waals surface area (Å²) < 4.78 is 0.854. The van der Waals surface area contributed by atoms with E-state index in [0.29, 0.717) is 12.2 Å². The SMILES string of the molecule is CN(Cc1cccc(=O)[nH]1)C(=O)Nc1cscc1Br. The number of rotatable bonds is 3. The van der Waals surface area contributed by atoms with Crippen molar-refractivity contribution in [3.05, 3.63) is 49.5 Å². The van der Waals surface area contributed by atoms with Crippen LogP contribution in [0.15, 0.2) is 38.2 Å². The summed E-state index contributed by atoms with van der Waals surface area (Å²) in [4.78, 5) is 27.3. The van der Waals surface area contributed by atoms with Gasteiger partial charge < -0.3 is 15.2 Å². The van der Waals surface area contributed by atoms with Gasteiger partial charge in [0.05, 0.1) is 16.7 Å². The van der Waals surface area contributed by atoms with Crippen molar-refractivity contribution >= 4 is 39.0 Å². The molecule has 2 aromatic rings. The first kappa shape index (κ1) is 13.8. The lowest BCUT2D eigenvalue weighted by Gasteiger charge is -2.17. The van der Waals surface area contributed by atoms with E-state index < -0.39 is 0 Å². The van der Waals surface area contributed by atoms with E-state index in [4.69, 9.17) is 0 Å². The maximum Gasteiger partial charge on any atom is 0.321 e. The van der Waals surface area contributed by atoms with E-state index in [-0.39, 0.29) is 11.6 Å². The quantitative estimate of drug-likeness (QED) is 0.901. The highest BCUT2D eigenvalue weighted by molar-refractivity contribution is 9.10. The van der Waals surface area contributed by atoms with E-state index in [9.17, 15) is 9.59 Å². The third-order valence-electron chi connectivity index (χ3n) is 2.44. The second-order valence-electron chi connectivity index (χ2n) is 3.96. The van der Waals surface area contributed by atoms with E-state index in [1.54, 1.807) is 19.2 Å². The van der Waals surface area contributed by atoms with Crippen molar-refractivity contribution in [2.45, 2.75) is 6.54 Å². The molecular weight excluding hydrogens is 330 g/mol. The molecule has 2 aromatic heterocycles. The molecule has 2 N–H and O–H groups in total. The normalized spacial score (nSPS) is 10.2.